The van der Waals surface area contributed by atoms with Crippen molar-refractivity contribution in [3.8, 4) is 0 Å². The first-order chi connectivity index (χ1) is 7.72. The van der Waals surface area contributed by atoms with Crippen LogP contribution in [0.5, 0.6) is 0 Å². The molecule has 0 aromatic carbocycles. The molecule has 3 heteroatoms. The van der Waals surface area contributed by atoms with Crippen molar-refractivity contribution in [2.24, 2.45) is 0 Å². The number of H-pyrrole nitrogens is 1. The molecule has 0 fully saturated rings. The number of pyridine rings is 1. The minimum atomic E-state index is 1.01. The summed E-state index contributed by atoms with van der Waals surface area (Å²) in [5.74, 6) is 0. The third kappa shape index (κ3) is 2.09. The van der Waals surface area contributed by atoms with Crippen LogP contribution in [0.3, 0.4) is 0 Å². The standard InChI is InChI=1S/C13H19N3/c1-4-16(3)8-6-11-9-15-13-12(11)10(2)5-7-14-13/h5,7,9H,4,6,8H2,1-3H3,(H,14,15). The van der Waals surface area contributed by atoms with Crippen LogP contribution in [0.25, 0.3) is 11.0 Å². The van der Waals surface area contributed by atoms with Crippen LogP contribution in [0.4, 0.5) is 0 Å². The van der Waals surface area contributed by atoms with Crippen LogP contribution >= 0.6 is 0 Å². The molecule has 3 nitrogen and oxygen atoms in total. The van der Waals surface area contributed by atoms with Gasteiger partial charge in [0.2, 0.25) is 0 Å². The van der Waals surface area contributed by atoms with Gasteiger partial charge in [0.1, 0.15) is 5.65 Å². The summed E-state index contributed by atoms with van der Waals surface area (Å²) in [6.45, 7) is 6.52. The lowest BCUT2D eigenvalue weighted by Gasteiger charge is -2.12. The number of aryl methyl sites for hydroxylation is 1. The predicted octanol–water partition coefficient (Wildman–Crippen LogP) is 2.37. The number of nitrogens with zero attached hydrogens (tertiary/aromatic N) is 2. The molecule has 2 aromatic heterocycles. The molecular formula is C13H19N3. The molecule has 86 valence electrons. The van der Waals surface area contributed by atoms with E-state index < -0.39 is 0 Å². The average Bonchev–Trinajstić information content (AvgIpc) is 2.70. The van der Waals surface area contributed by atoms with Crippen LogP contribution in [-0.2, 0) is 6.42 Å². The molecule has 2 rings (SSSR count). The molecule has 2 heterocycles. The van der Waals surface area contributed by atoms with E-state index in [9.17, 15) is 0 Å². The summed E-state index contributed by atoms with van der Waals surface area (Å²) in [5, 5.41) is 1.30. The first-order valence-corrected chi connectivity index (χ1v) is 5.82. The first-order valence-electron chi connectivity index (χ1n) is 5.82. The van der Waals surface area contributed by atoms with Gasteiger partial charge in [-0.3, -0.25) is 0 Å². The molecule has 0 aliphatic rings. The third-order valence-electron chi connectivity index (χ3n) is 3.17. The number of hydrogen-bond acceptors (Lipinski definition) is 2. The molecule has 0 amide bonds. The molecule has 0 saturated carbocycles. The van der Waals surface area contributed by atoms with Crippen LogP contribution in [0, 0.1) is 6.92 Å². The second kappa shape index (κ2) is 4.66. The molecule has 0 aliphatic carbocycles. The van der Waals surface area contributed by atoms with Gasteiger partial charge in [-0.1, -0.05) is 6.92 Å². The molecule has 0 bridgehead atoms. The molecule has 0 radical (unpaired) electrons. The van der Waals surface area contributed by atoms with Gasteiger partial charge in [-0.15, -0.1) is 0 Å². The fourth-order valence-corrected chi connectivity index (χ4v) is 1.97. The summed E-state index contributed by atoms with van der Waals surface area (Å²) in [5.41, 5.74) is 3.69. The third-order valence-corrected chi connectivity index (χ3v) is 3.17. The number of rotatable bonds is 4. The van der Waals surface area contributed by atoms with Gasteiger partial charge in [-0.05, 0) is 44.1 Å². The summed E-state index contributed by atoms with van der Waals surface area (Å²) in [7, 11) is 2.15. The minimum Gasteiger partial charge on any atom is -0.346 e. The molecule has 0 spiro atoms. The van der Waals surface area contributed by atoms with Crippen LogP contribution < -0.4 is 0 Å². The maximum absolute atomic E-state index is 4.34. The van der Waals surface area contributed by atoms with Crippen LogP contribution in [-0.4, -0.2) is 35.0 Å². The van der Waals surface area contributed by atoms with E-state index in [1.807, 2.05) is 6.20 Å². The van der Waals surface area contributed by atoms with Gasteiger partial charge in [0, 0.05) is 24.3 Å². The monoisotopic (exact) mass is 217 g/mol. The number of aromatic amines is 1. The van der Waals surface area contributed by atoms with Crippen LogP contribution in [0.15, 0.2) is 18.5 Å². The zero-order valence-corrected chi connectivity index (χ0v) is 10.2. The maximum Gasteiger partial charge on any atom is 0.137 e. The fourth-order valence-electron chi connectivity index (χ4n) is 1.97. The summed E-state index contributed by atoms with van der Waals surface area (Å²) in [6, 6.07) is 2.07. The Morgan fingerprint density at radius 3 is 3.00 bits per heavy atom. The summed E-state index contributed by atoms with van der Waals surface area (Å²) >= 11 is 0. The Morgan fingerprint density at radius 1 is 1.44 bits per heavy atom. The average molecular weight is 217 g/mol. The Balaban J connectivity index is 2.24. The highest BCUT2D eigenvalue weighted by atomic mass is 15.1. The van der Waals surface area contributed by atoms with E-state index in [0.717, 1.165) is 25.2 Å². The Morgan fingerprint density at radius 2 is 2.25 bits per heavy atom. The lowest BCUT2D eigenvalue weighted by atomic mass is 10.1. The van der Waals surface area contributed by atoms with Crippen LogP contribution in [0.1, 0.15) is 18.1 Å². The van der Waals surface area contributed by atoms with Gasteiger partial charge >= 0.3 is 0 Å². The highest BCUT2D eigenvalue weighted by molar-refractivity contribution is 5.83. The Kier molecular flexibility index (Phi) is 3.25. The first kappa shape index (κ1) is 11.1. The number of fused-ring (bicyclic) bond motifs is 1. The molecule has 0 unspecified atom stereocenters. The van der Waals surface area contributed by atoms with Crippen LogP contribution in [0.2, 0.25) is 0 Å². The van der Waals surface area contributed by atoms with Crippen molar-refractivity contribution in [1.82, 2.24) is 14.9 Å². The van der Waals surface area contributed by atoms with E-state index in [2.05, 4.69) is 48.0 Å². The van der Waals surface area contributed by atoms with Crippen molar-refractivity contribution >= 4 is 11.0 Å². The molecule has 2 aromatic rings. The van der Waals surface area contributed by atoms with Crippen molar-refractivity contribution in [2.75, 3.05) is 20.1 Å². The lowest BCUT2D eigenvalue weighted by Crippen LogP contribution is -2.20. The summed E-state index contributed by atoms with van der Waals surface area (Å²) < 4.78 is 0. The van der Waals surface area contributed by atoms with Gasteiger partial charge in [0.05, 0.1) is 0 Å². The summed E-state index contributed by atoms with van der Waals surface area (Å²) in [6.07, 6.45) is 5.03. The zero-order valence-electron chi connectivity index (χ0n) is 10.2. The minimum absolute atomic E-state index is 1.01. The Labute approximate surface area is 96.5 Å². The quantitative estimate of drug-likeness (QED) is 0.852. The van der Waals surface area contributed by atoms with E-state index >= 15 is 0 Å². The normalized spacial score (nSPS) is 11.5. The van der Waals surface area contributed by atoms with Crippen molar-refractivity contribution in [3.63, 3.8) is 0 Å². The van der Waals surface area contributed by atoms with Gasteiger partial charge in [-0.2, -0.15) is 0 Å². The largest absolute Gasteiger partial charge is 0.346 e. The fraction of sp³-hybridized carbons (Fsp3) is 0.462. The smallest absolute Gasteiger partial charge is 0.137 e. The zero-order chi connectivity index (χ0) is 11.5. The molecular weight excluding hydrogens is 198 g/mol. The van der Waals surface area contributed by atoms with Gasteiger partial charge in [-0.25, -0.2) is 4.98 Å². The van der Waals surface area contributed by atoms with Gasteiger partial charge < -0.3 is 9.88 Å². The van der Waals surface area contributed by atoms with Gasteiger partial charge in [0.15, 0.2) is 0 Å². The van der Waals surface area contributed by atoms with Crippen molar-refractivity contribution < 1.29 is 0 Å². The van der Waals surface area contributed by atoms with E-state index in [-0.39, 0.29) is 0 Å². The van der Waals surface area contributed by atoms with Crippen molar-refractivity contribution in [2.45, 2.75) is 20.3 Å². The predicted molar refractivity (Wildman–Crippen MR) is 67.7 cm³/mol. The number of likely N-dealkylation sites (N-methyl/N-ethyl adjacent to an activating group) is 1. The second-order valence-corrected chi connectivity index (χ2v) is 4.31. The SMILES string of the molecule is CCN(C)CCc1c[nH]c2nccc(C)c12. The molecule has 16 heavy (non-hydrogen) atoms. The molecule has 0 atom stereocenters. The second-order valence-electron chi connectivity index (χ2n) is 4.31. The number of aromatic nitrogens is 2. The van der Waals surface area contributed by atoms with E-state index in [4.69, 9.17) is 0 Å². The maximum atomic E-state index is 4.34. The number of hydrogen-bond donors (Lipinski definition) is 1. The lowest BCUT2D eigenvalue weighted by molar-refractivity contribution is 0.358. The van der Waals surface area contributed by atoms with E-state index in [0.29, 0.717) is 0 Å². The van der Waals surface area contributed by atoms with Crippen molar-refractivity contribution in [1.29, 1.82) is 0 Å². The van der Waals surface area contributed by atoms with Gasteiger partial charge in [0.25, 0.3) is 0 Å². The molecule has 1 N–H and O–H groups in total. The van der Waals surface area contributed by atoms with Crippen molar-refractivity contribution in [3.05, 3.63) is 29.6 Å². The highest BCUT2D eigenvalue weighted by Crippen LogP contribution is 2.20. The molecule has 0 saturated heterocycles. The molecule has 0 aliphatic heterocycles. The van der Waals surface area contributed by atoms with E-state index in [1.54, 1.807) is 0 Å². The summed E-state index contributed by atoms with van der Waals surface area (Å²) in [4.78, 5) is 9.91. The Hall–Kier alpha value is -1.35. The number of nitrogens with one attached hydrogen (secondary N) is 1. The highest BCUT2D eigenvalue weighted by Gasteiger charge is 2.07. The topological polar surface area (TPSA) is 31.9 Å². The van der Waals surface area contributed by atoms with E-state index in [1.165, 1.54) is 16.5 Å². The Bertz CT molecular complexity index is 473.